The summed E-state index contributed by atoms with van der Waals surface area (Å²) in [6.45, 7) is 6.80. The molecule has 1 saturated heterocycles. The van der Waals surface area contributed by atoms with Crippen molar-refractivity contribution < 1.29 is 37.4 Å². The second-order valence-corrected chi connectivity index (χ2v) is 10.6. The van der Waals surface area contributed by atoms with Gasteiger partial charge in [0.05, 0.1) is 5.56 Å². The van der Waals surface area contributed by atoms with Crippen LogP contribution in [0.2, 0.25) is 0 Å². The Kier molecular flexibility index (Phi) is 8.27. The molecule has 216 valence electrons. The van der Waals surface area contributed by atoms with E-state index in [-0.39, 0.29) is 22.9 Å². The molecule has 0 radical (unpaired) electrons. The van der Waals surface area contributed by atoms with Gasteiger partial charge in [-0.15, -0.1) is 0 Å². The van der Waals surface area contributed by atoms with Crippen LogP contribution >= 0.6 is 0 Å². The Balaban J connectivity index is 1.42. The van der Waals surface area contributed by atoms with E-state index in [0.717, 1.165) is 12.1 Å². The molecule has 3 aromatic carbocycles. The van der Waals surface area contributed by atoms with Gasteiger partial charge >= 0.3 is 12.3 Å². The minimum Gasteiger partial charge on any atom is -0.508 e. The van der Waals surface area contributed by atoms with E-state index in [2.05, 4.69) is 5.32 Å². The summed E-state index contributed by atoms with van der Waals surface area (Å²) < 4.78 is 44.4. The van der Waals surface area contributed by atoms with Gasteiger partial charge in [0.1, 0.15) is 11.4 Å². The summed E-state index contributed by atoms with van der Waals surface area (Å²) in [5.41, 5.74) is 0.0251. The Hall–Kier alpha value is -4.54. The van der Waals surface area contributed by atoms with Gasteiger partial charge in [-0.1, -0.05) is 18.2 Å². The van der Waals surface area contributed by atoms with Gasteiger partial charge in [-0.25, -0.2) is 4.79 Å². The molecule has 0 bridgehead atoms. The van der Waals surface area contributed by atoms with E-state index < -0.39 is 29.3 Å². The van der Waals surface area contributed by atoms with Crippen molar-refractivity contribution in [3.63, 3.8) is 0 Å². The Bertz CT molecular complexity index is 1440. The monoisotopic (exact) mass is 569 g/mol. The van der Waals surface area contributed by atoms with Crippen LogP contribution in [0.5, 0.6) is 5.75 Å². The average Bonchev–Trinajstić information content (AvgIpc) is 2.91. The molecule has 11 heteroatoms. The lowest BCUT2D eigenvalue weighted by molar-refractivity contribution is -0.137. The van der Waals surface area contributed by atoms with Crippen LogP contribution in [0.4, 0.5) is 23.7 Å². The van der Waals surface area contributed by atoms with Crippen LogP contribution in [0.25, 0.3) is 11.1 Å². The number of phenols is 1. The topological polar surface area (TPSA) is 99.2 Å². The molecule has 2 N–H and O–H groups in total. The van der Waals surface area contributed by atoms with Crippen LogP contribution in [0.1, 0.15) is 47.1 Å². The number of nitrogens with zero attached hydrogens (tertiary/aromatic N) is 2. The molecule has 1 heterocycles. The van der Waals surface area contributed by atoms with Crippen molar-refractivity contribution in [2.75, 3.05) is 31.5 Å². The minimum absolute atomic E-state index is 0.0375. The van der Waals surface area contributed by atoms with Crippen LogP contribution in [0, 0.1) is 0 Å². The SMILES string of the molecule is CC(C)(C)OC(=O)N1CCN(C(=O)c2ccc(-c3cc(O)cc(C(=O)Nc4cccc(C(F)(F)F)c4)c3)cc2)CC1. The third-order valence-corrected chi connectivity index (χ3v) is 6.31. The minimum atomic E-state index is -4.55. The molecule has 3 amide bonds. The highest BCUT2D eigenvalue weighted by Gasteiger charge is 2.31. The van der Waals surface area contributed by atoms with Crippen LogP contribution in [0.15, 0.2) is 66.7 Å². The number of halogens is 3. The number of nitrogens with one attached hydrogen (secondary N) is 1. The zero-order valence-corrected chi connectivity index (χ0v) is 22.8. The molecule has 0 atom stereocenters. The van der Waals surface area contributed by atoms with Gasteiger partial charge in [-0.3, -0.25) is 9.59 Å². The maximum absolute atomic E-state index is 13.0. The maximum atomic E-state index is 13.0. The van der Waals surface area contributed by atoms with E-state index in [1.54, 1.807) is 54.8 Å². The number of carbonyl (C=O) groups excluding carboxylic acids is 3. The molecule has 1 aliphatic heterocycles. The first-order chi connectivity index (χ1) is 19.2. The first-order valence-corrected chi connectivity index (χ1v) is 12.9. The smallest absolute Gasteiger partial charge is 0.416 e. The zero-order chi connectivity index (χ0) is 29.9. The summed E-state index contributed by atoms with van der Waals surface area (Å²) in [4.78, 5) is 41.3. The van der Waals surface area contributed by atoms with E-state index in [9.17, 15) is 32.7 Å². The first kappa shape index (κ1) is 29.4. The zero-order valence-electron chi connectivity index (χ0n) is 22.8. The van der Waals surface area contributed by atoms with Crippen LogP contribution in [-0.4, -0.2) is 64.6 Å². The highest BCUT2D eigenvalue weighted by Crippen LogP contribution is 2.31. The van der Waals surface area contributed by atoms with E-state index in [0.29, 0.717) is 42.9 Å². The van der Waals surface area contributed by atoms with Crippen molar-refractivity contribution in [3.8, 4) is 16.9 Å². The van der Waals surface area contributed by atoms with Crippen molar-refractivity contribution in [1.29, 1.82) is 0 Å². The third-order valence-electron chi connectivity index (χ3n) is 6.31. The number of alkyl halides is 3. The van der Waals surface area contributed by atoms with Gasteiger partial charge in [0.15, 0.2) is 0 Å². The molecule has 4 rings (SSSR count). The molecule has 0 unspecified atom stereocenters. The number of carbonyl (C=O) groups is 3. The second-order valence-electron chi connectivity index (χ2n) is 10.6. The summed E-state index contributed by atoms with van der Waals surface area (Å²) in [7, 11) is 0. The first-order valence-electron chi connectivity index (χ1n) is 12.9. The number of hydrogen-bond acceptors (Lipinski definition) is 5. The molecule has 8 nitrogen and oxygen atoms in total. The lowest BCUT2D eigenvalue weighted by Gasteiger charge is -2.35. The number of rotatable bonds is 4. The summed E-state index contributed by atoms with van der Waals surface area (Å²) in [5, 5.41) is 12.7. The predicted molar refractivity (Wildman–Crippen MR) is 147 cm³/mol. The number of hydrogen-bond donors (Lipinski definition) is 2. The fourth-order valence-electron chi connectivity index (χ4n) is 4.29. The molecule has 0 spiro atoms. The summed E-state index contributed by atoms with van der Waals surface area (Å²) >= 11 is 0. The molecule has 3 aromatic rings. The van der Waals surface area contributed by atoms with E-state index in [1.165, 1.54) is 30.3 Å². The van der Waals surface area contributed by atoms with Crippen LogP contribution in [0.3, 0.4) is 0 Å². The van der Waals surface area contributed by atoms with Crippen LogP contribution < -0.4 is 5.32 Å². The number of benzene rings is 3. The third kappa shape index (κ3) is 7.56. The molecule has 41 heavy (non-hydrogen) atoms. The Labute approximate surface area is 235 Å². The van der Waals surface area contributed by atoms with Crippen molar-refractivity contribution in [2.24, 2.45) is 0 Å². The molecular formula is C30H30F3N3O5. The number of phenolic OH excluding ortho intramolecular Hbond substituents is 1. The van der Waals surface area contributed by atoms with Gasteiger partial charge in [0.2, 0.25) is 0 Å². The number of aromatic hydroxyl groups is 1. The Morgan fingerprint density at radius 3 is 2.05 bits per heavy atom. The highest BCUT2D eigenvalue weighted by molar-refractivity contribution is 6.05. The van der Waals surface area contributed by atoms with Crippen molar-refractivity contribution in [3.05, 3.63) is 83.4 Å². The number of anilines is 1. The molecule has 0 saturated carbocycles. The predicted octanol–water partition coefficient (Wildman–Crippen LogP) is 6.02. The number of ether oxygens (including phenoxy) is 1. The fourth-order valence-corrected chi connectivity index (χ4v) is 4.29. The molecular weight excluding hydrogens is 539 g/mol. The highest BCUT2D eigenvalue weighted by atomic mass is 19.4. The standard InChI is InChI=1S/C30H30F3N3O5/c1-29(2,3)41-28(40)36-13-11-35(12-14-36)27(39)20-9-7-19(8-10-20)21-15-22(17-25(37)16-21)26(38)34-24-6-4-5-23(18-24)30(31,32)33/h4-10,15-18,37H,11-14H2,1-3H3,(H,34,38). The lowest BCUT2D eigenvalue weighted by Crippen LogP contribution is -2.51. The Morgan fingerprint density at radius 1 is 0.805 bits per heavy atom. The largest absolute Gasteiger partial charge is 0.508 e. The van der Waals surface area contributed by atoms with E-state index in [4.69, 9.17) is 4.74 Å². The van der Waals surface area contributed by atoms with Crippen LogP contribution in [-0.2, 0) is 10.9 Å². The molecule has 1 fully saturated rings. The normalized spacial score (nSPS) is 14.0. The van der Waals surface area contributed by atoms with E-state index in [1.807, 2.05) is 0 Å². The molecule has 1 aliphatic rings. The fraction of sp³-hybridized carbons (Fsp3) is 0.300. The van der Waals surface area contributed by atoms with E-state index >= 15 is 0 Å². The van der Waals surface area contributed by atoms with Crippen molar-refractivity contribution >= 4 is 23.6 Å². The number of piperazine rings is 1. The average molecular weight is 570 g/mol. The van der Waals surface area contributed by atoms with Gasteiger partial charge in [0.25, 0.3) is 11.8 Å². The lowest BCUT2D eigenvalue weighted by atomic mass is 10.0. The quantitative estimate of drug-likeness (QED) is 0.400. The summed E-state index contributed by atoms with van der Waals surface area (Å²) in [5.74, 6) is -1.10. The van der Waals surface area contributed by atoms with Gasteiger partial charge in [-0.05, 0) is 80.4 Å². The molecule has 0 aliphatic carbocycles. The second kappa shape index (κ2) is 11.5. The Morgan fingerprint density at radius 2 is 1.44 bits per heavy atom. The summed E-state index contributed by atoms with van der Waals surface area (Å²) in [6, 6.07) is 15.0. The van der Waals surface area contributed by atoms with Gasteiger partial charge in [-0.2, -0.15) is 13.2 Å². The number of amides is 3. The van der Waals surface area contributed by atoms with Gasteiger partial charge < -0.3 is 25.0 Å². The maximum Gasteiger partial charge on any atom is 0.416 e. The molecule has 0 aromatic heterocycles. The van der Waals surface area contributed by atoms with Crippen molar-refractivity contribution in [2.45, 2.75) is 32.5 Å². The van der Waals surface area contributed by atoms with Crippen molar-refractivity contribution in [1.82, 2.24) is 9.80 Å². The summed E-state index contributed by atoms with van der Waals surface area (Å²) in [6.07, 6.45) is -4.97. The van der Waals surface area contributed by atoms with Gasteiger partial charge in [0, 0.05) is 43.0 Å².